The van der Waals surface area contributed by atoms with Crippen molar-refractivity contribution >= 4 is 17.3 Å². The number of halogens is 2. The van der Waals surface area contributed by atoms with Gasteiger partial charge in [0, 0.05) is 5.69 Å². The van der Waals surface area contributed by atoms with Gasteiger partial charge in [0.15, 0.2) is 0 Å². The zero-order chi connectivity index (χ0) is 12.4. The molecule has 0 heterocycles. The van der Waals surface area contributed by atoms with Gasteiger partial charge in [0.05, 0.1) is 11.1 Å². The maximum atomic E-state index is 13.0. The van der Waals surface area contributed by atoms with Crippen LogP contribution in [0.4, 0.5) is 10.1 Å². The molecule has 2 aromatic carbocycles. The standard InChI is InChI=1S/C13H12ClFN2/c14-11-7-9(4-5-12(11)15)13(17)8-2-1-3-10(16)6-8/h1-7,13H,16-17H2. The third kappa shape index (κ3) is 2.57. The Balaban J connectivity index is 2.36. The highest BCUT2D eigenvalue weighted by atomic mass is 35.5. The van der Waals surface area contributed by atoms with Crippen LogP contribution in [0.3, 0.4) is 0 Å². The van der Waals surface area contributed by atoms with Crippen LogP contribution >= 0.6 is 11.6 Å². The largest absolute Gasteiger partial charge is 0.399 e. The van der Waals surface area contributed by atoms with E-state index in [-0.39, 0.29) is 11.1 Å². The summed E-state index contributed by atoms with van der Waals surface area (Å²) in [6, 6.07) is 11.4. The monoisotopic (exact) mass is 250 g/mol. The summed E-state index contributed by atoms with van der Waals surface area (Å²) in [4.78, 5) is 0. The first-order valence-electron chi connectivity index (χ1n) is 5.14. The van der Waals surface area contributed by atoms with Gasteiger partial charge in [-0.3, -0.25) is 0 Å². The van der Waals surface area contributed by atoms with E-state index >= 15 is 0 Å². The van der Waals surface area contributed by atoms with E-state index in [0.29, 0.717) is 5.69 Å². The average molecular weight is 251 g/mol. The van der Waals surface area contributed by atoms with Crippen LogP contribution in [0, 0.1) is 5.82 Å². The number of nitrogen functional groups attached to an aromatic ring is 1. The molecule has 0 saturated carbocycles. The summed E-state index contributed by atoms with van der Waals surface area (Å²) < 4.78 is 13.0. The number of hydrogen-bond donors (Lipinski definition) is 2. The number of rotatable bonds is 2. The molecule has 2 nitrogen and oxygen atoms in total. The van der Waals surface area contributed by atoms with Gasteiger partial charge in [0.25, 0.3) is 0 Å². The third-order valence-electron chi connectivity index (χ3n) is 2.57. The van der Waals surface area contributed by atoms with Gasteiger partial charge in [0.1, 0.15) is 5.82 Å². The lowest BCUT2D eigenvalue weighted by Gasteiger charge is -2.13. The van der Waals surface area contributed by atoms with Gasteiger partial charge >= 0.3 is 0 Å². The minimum absolute atomic E-state index is 0.0712. The topological polar surface area (TPSA) is 52.0 Å². The molecule has 0 bridgehead atoms. The summed E-state index contributed by atoms with van der Waals surface area (Å²) >= 11 is 5.72. The summed E-state index contributed by atoms with van der Waals surface area (Å²) in [5, 5.41) is 0.0712. The molecule has 0 aliphatic rings. The number of anilines is 1. The molecule has 0 amide bonds. The molecule has 0 aromatic heterocycles. The lowest BCUT2D eigenvalue weighted by molar-refractivity contribution is 0.627. The van der Waals surface area contributed by atoms with Crippen LogP contribution in [0.25, 0.3) is 0 Å². The normalized spacial score (nSPS) is 12.4. The predicted molar refractivity (Wildman–Crippen MR) is 68.3 cm³/mol. The summed E-state index contributed by atoms with van der Waals surface area (Å²) in [5.41, 5.74) is 14.0. The van der Waals surface area contributed by atoms with E-state index < -0.39 is 5.82 Å². The smallest absolute Gasteiger partial charge is 0.141 e. The van der Waals surface area contributed by atoms with Gasteiger partial charge in [-0.25, -0.2) is 4.39 Å². The maximum absolute atomic E-state index is 13.0. The molecule has 0 radical (unpaired) electrons. The zero-order valence-corrected chi connectivity index (χ0v) is 9.79. The van der Waals surface area contributed by atoms with E-state index in [0.717, 1.165) is 11.1 Å². The second kappa shape index (κ2) is 4.73. The Hall–Kier alpha value is -1.58. The van der Waals surface area contributed by atoms with Gasteiger partial charge < -0.3 is 11.5 Å². The second-order valence-corrected chi connectivity index (χ2v) is 4.23. The highest BCUT2D eigenvalue weighted by Crippen LogP contribution is 2.25. The van der Waals surface area contributed by atoms with Crippen LogP contribution in [-0.4, -0.2) is 0 Å². The van der Waals surface area contributed by atoms with Gasteiger partial charge in [-0.1, -0.05) is 29.8 Å². The summed E-state index contributed by atoms with van der Waals surface area (Å²) in [7, 11) is 0. The fourth-order valence-corrected chi connectivity index (χ4v) is 1.84. The fourth-order valence-electron chi connectivity index (χ4n) is 1.65. The molecule has 0 spiro atoms. The van der Waals surface area contributed by atoms with Crippen molar-refractivity contribution in [3.05, 3.63) is 64.4 Å². The van der Waals surface area contributed by atoms with Gasteiger partial charge in [-0.15, -0.1) is 0 Å². The number of nitrogens with two attached hydrogens (primary N) is 2. The first-order valence-corrected chi connectivity index (χ1v) is 5.51. The van der Waals surface area contributed by atoms with Gasteiger partial charge in [-0.05, 0) is 35.4 Å². The molecule has 0 aliphatic carbocycles. The highest BCUT2D eigenvalue weighted by molar-refractivity contribution is 6.30. The molecule has 17 heavy (non-hydrogen) atoms. The molecule has 2 rings (SSSR count). The van der Waals surface area contributed by atoms with Crippen molar-refractivity contribution in [2.24, 2.45) is 5.73 Å². The van der Waals surface area contributed by atoms with Crippen molar-refractivity contribution in [2.75, 3.05) is 5.73 Å². The van der Waals surface area contributed by atoms with Crippen molar-refractivity contribution in [3.63, 3.8) is 0 Å². The van der Waals surface area contributed by atoms with Crippen molar-refractivity contribution in [2.45, 2.75) is 6.04 Å². The Morgan fingerprint density at radius 2 is 1.76 bits per heavy atom. The van der Waals surface area contributed by atoms with Crippen LogP contribution in [0.1, 0.15) is 17.2 Å². The van der Waals surface area contributed by atoms with E-state index in [9.17, 15) is 4.39 Å². The first-order chi connectivity index (χ1) is 8.08. The predicted octanol–water partition coefficient (Wildman–Crippen LogP) is 3.11. The quantitative estimate of drug-likeness (QED) is 0.805. The lowest BCUT2D eigenvalue weighted by atomic mass is 9.99. The zero-order valence-electron chi connectivity index (χ0n) is 9.03. The lowest BCUT2D eigenvalue weighted by Crippen LogP contribution is -2.12. The first kappa shape index (κ1) is 11.9. The molecule has 0 aliphatic heterocycles. The summed E-state index contributed by atoms with van der Waals surface area (Å²) in [5.74, 6) is -0.449. The Morgan fingerprint density at radius 3 is 2.41 bits per heavy atom. The van der Waals surface area contributed by atoms with Crippen molar-refractivity contribution in [1.29, 1.82) is 0 Å². The molecule has 4 N–H and O–H groups in total. The Morgan fingerprint density at radius 1 is 1.06 bits per heavy atom. The van der Waals surface area contributed by atoms with E-state index in [1.54, 1.807) is 18.2 Å². The summed E-state index contributed by atoms with van der Waals surface area (Å²) in [6.07, 6.45) is 0. The van der Waals surface area contributed by atoms with Crippen LogP contribution in [0.2, 0.25) is 5.02 Å². The van der Waals surface area contributed by atoms with E-state index in [1.807, 2.05) is 12.1 Å². The average Bonchev–Trinajstić information content (AvgIpc) is 2.32. The molecular formula is C13H12ClFN2. The molecule has 4 heteroatoms. The molecular weight excluding hydrogens is 239 g/mol. The molecule has 2 aromatic rings. The minimum atomic E-state index is -0.449. The number of hydrogen-bond acceptors (Lipinski definition) is 2. The van der Waals surface area contributed by atoms with Crippen molar-refractivity contribution < 1.29 is 4.39 Å². The number of benzene rings is 2. The summed E-state index contributed by atoms with van der Waals surface area (Å²) in [6.45, 7) is 0. The highest BCUT2D eigenvalue weighted by Gasteiger charge is 2.11. The Labute approximate surface area is 104 Å². The molecule has 88 valence electrons. The second-order valence-electron chi connectivity index (χ2n) is 3.82. The van der Waals surface area contributed by atoms with E-state index in [4.69, 9.17) is 23.1 Å². The van der Waals surface area contributed by atoms with Gasteiger partial charge in [-0.2, -0.15) is 0 Å². The molecule has 1 atom stereocenters. The third-order valence-corrected chi connectivity index (χ3v) is 2.86. The minimum Gasteiger partial charge on any atom is -0.399 e. The maximum Gasteiger partial charge on any atom is 0.141 e. The van der Waals surface area contributed by atoms with Crippen molar-refractivity contribution in [1.82, 2.24) is 0 Å². The fraction of sp³-hybridized carbons (Fsp3) is 0.0769. The molecule has 0 saturated heterocycles. The molecule has 1 unspecified atom stereocenters. The van der Waals surface area contributed by atoms with Crippen LogP contribution in [-0.2, 0) is 0 Å². The van der Waals surface area contributed by atoms with Crippen LogP contribution in [0.15, 0.2) is 42.5 Å². The van der Waals surface area contributed by atoms with E-state index in [1.165, 1.54) is 12.1 Å². The Kier molecular flexibility index (Phi) is 3.31. The van der Waals surface area contributed by atoms with E-state index in [2.05, 4.69) is 0 Å². The van der Waals surface area contributed by atoms with Gasteiger partial charge in [0.2, 0.25) is 0 Å². The van der Waals surface area contributed by atoms with Crippen LogP contribution in [0.5, 0.6) is 0 Å². The SMILES string of the molecule is Nc1cccc(C(N)c2ccc(F)c(Cl)c2)c1. The Bertz CT molecular complexity index is 543. The van der Waals surface area contributed by atoms with Crippen molar-refractivity contribution in [3.8, 4) is 0 Å². The molecule has 0 fully saturated rings. The van der Waals surface area contributed by atoms with Crippen LogP contribution < -0.4 is 11.5 Å².